The number of hydrogen-bond acceptors (Lipinski definition) is 4. The van der Waals surface area contributed by atoms with Crippen molar-refractivity contribution >= 4 is 16.8 Å². The van der Waals surface area contributed by atoms with Crippen molar-refractivity contribution in [3.8, 4) is 16.9 Å². The number of nitrogens with zero attached hydrogens (tertiary/aromatic N) is 3. The molecule has 29 heavy (non-hydrogen) atoms. The van der Waals surface area contributed by atoms with Crippen molar-refractivity contribution in [1.82, 2.24) is 14.5 Å². The topological polar surface area (TPSA) is 68.0 Å². The highest BCUT2D eigenvalue weighted by molar-refractivity contribution is 5.91. The lowest BCUT2D eigenvalue weighted by Crippen LogP contribution is -2.21. The molecule has 0 aliphatic heterocycles. The molecule has 0 bridgehead atoms. The molecule has 0 saturated carbocycles. The minimum Gasteiger partial charge on any atom is -0.508 e. The SMILES string of the molecule is C=C(O)c1cccc(-c2nc(C)nc3c2ccc(=O)n3-c2c(F)cccc2F)c1. The molecule has 5 nitrogen and oxygen atoms in total. The number of pyridine rings is 1. The third kappa shape index (κ3) is 3.16. The summed E-state index contributed by atoms with van der Waals surface area (Å²) in [5.74, 6) is -1.55. The molecule has 0 spiro atoms. The standard InChI is InChI=1S/C22H15F2N3O2/c1-12(28)14-5-3-6-15(11-14)20-16-9-10-19(29)27(22(16)26-13(2)25-20)21-17(23)7-4-8-18(21)24/h3-11,28H,1H2,2H3. The molecule has 144 valence electrons. The summed E-state index contributed by atoms with van der Waals surface area (Å²) in [6, 6.07) is 13.0. The van der Waals surface area contributed by atoms with Gasteiger partial charge in [-0.1, -0.05) is 30.8 Å². The highest BCUT2D eigenvalue weighted by Gasteiger charge is 2.19. The molecule has 0 saturated heterocycles. The molecule has 2 aromatic heterocycles. The Morgan fingerprint density at radius 3 is 2.41 bits per heavy atom. The van der Waals surface area contributed by atoms with Crippen molar-refractivity contribution in [2.45, 2.75) is 6.92 Å². The second-order valence-corrected chi connectivity index (χ2v) is 6.46. The third-order valence-electron chi connectivity index (χ3n) is 4.49. The van der Waals surface area contributed by atoms with E-state index < -0.39 is 22.9 Å². The second kappa shape index (κ2) is 6.94. The van der Waals surface area contributed by atoms with Crippen LogP contribution in [-0.4, -0.2) is 19.6 Å². The van der Waals surface area contributed by atoms with Crippen molar-refractivity contribution in [3.63, 3.8) is 0 Å². The largest absolute Gasteiger partial charge is 0.508 e. The number of aromatic nitrogens is 3. The van der Waals surface area contributed by atoms with Gasteiger partial charge in [0.15, 0.2) is 5.65 Å². The van der Waals surface area contributed by atoms with Gasteiger partial charge in [-0.15, -0.1) is 0 Å². The molecule has 0 fully saturated rings. The molecule has 1 N–H and O–H groups in total. The zero-order valence-corrected chi connectivity index (χ0v) is 15.4. The van der Waals surface area contributed by atoms with Crippen molar-refractivity contribution in [2.75, 3.05) is 0 Å². The Kier molecular flexibility index (Phi) is 4.43. The quantitative estimate of drug-likeness (QED) is 0.520. The molecule has 2 aromatic carbocycles. The average Bonchev–Trinajstić information content (AvgIpc) is 2.69. The first-order chi connectivity index (χ1) is 13.9. The molecular formula is C22H15F2N3O2. The first kappa shape index (κ1) is 18.5. The zero-order chi connectivity index (χ0) is 20.7. The van der Waals surface area contributed by atoms with Crippen molar-refractivity contribution < 1.29 is 13.9 Å². The van der Waals surface area contributed by atoms with E-state index in [-0.39, 0.29) is 11.4 Å². The van der Waals surface area contributed by atoms with Gasteiger partial charge >= 0.3 is 0 Å². The van der Waals surface area contributed by atoms with E-state index in [2.05, 4.69) is 16.5 Å². The Balaban J connectivity index is 2.10. The van der Waals surface area contributed by atoms with Crippen LogP contribution in [0.25, 0.3) is 33.7 Å². The number of aryl methyl sites for hydroxylation is 1. The number of para-hydroxylation sites is 1. The van der Waals surface area contributed by atoms with E-state index in [0.29, 0.717) is 28.0 Å². The lowest BCUT2D eigenvalue weighted by molar-refractivity contribution is 0.514. The molecule has 4 rings (SSSR count). The van der Waals surface area contributed by atoms with Gasteiger partial charge in [0, 0.05) is 22.6 Å². The Bertz CT molecular complexity index is 1330. The fraction of sp³-hybridized carbons (Fsp3) is 0.0455. The maximum absolute atomic E-state index is 14.4. The van der Waals surface area contributed by atoms with Gasteiger partial charge < -0.3 is 5.11 Å². The van der Waals surface area contributed by atoms with Gasteiger partial charge in [-0.25, -0.2) is 18.7 Å². The fourth-order valence-corrected chi connectivity index (χ4v) is 3.21. The fourth-order valence-electron chi connectivity index (χ4n) is 3.21. The molecule has 0 aliphatic carbocycles. The number of fused-ring (bicyclic) bond motifs is 1. The monoisotopic (exact) mass is 391 g/mol. The van der Waals surface area contributed by atoms with Crippen molar-refractivity contribution in [1.29, 1.82) is 0 Å². The Morgan fingerprint density at radius 2 is 1.72 bits per heavy atom. The molecule has 0 unspecified atom stereocenters. The summed E-state index contributed by atoms with van der Waals surface area (Å²) >= 11 is 0. The number of aliphatic hydroxyl groups excluding tert-OH is 1. The van der Waals surface area contributed by atoms with Crippen LogP contribution >= 0.6 is 0 Å². The predicted octanol–water partition coefficient (Wildman–Crippen LogP) is 4.56. The predicted molar refractivity (Wildman–Crippen MR) is 107 cm³/mol. The molecule has 0 atom stereocenters. The molecular weight excluding hydrogens is 376 g/mol. The van der Waals surface area contributed by atoms with Gasteiger partial charge in [-0.3, -0.25) is 9.36 Å². The normalized spacial score (nSPS) is 11.0. The second-order valence-electron chi connectivity index (χ2n) is 6.46. The van der Waals surface area contributed by atoms with Crippen LogP contribution in [-0.2, 0) is 0 Å². The zero-order valence-electron chi connectivity index (χ0n) is 15.4. The van der Waals surface area contributed by atoms with Crippen molar-refractivity contribution in [3.05, 3.63) is 94.6 Å². The number of halogens is 2. The smallest absolute Gasteiger partial charge is 0.256 e. The summed E-state index contributed by atoms with van der Waals surface area (Å²) in [6.07, 6.45) is 0. The lowest BCUT2D eigenvalue weighted by Gasteiger charge is -2.14. The van der Waals surface area contributed by atoms with E-state index in [4.69, 9.17) is 0 Å². The van der Waals surface area contributed by atoms with Crippen molar-refractivity contribution in [2.24, 2.45) is 0 Å². The molecule has 0 aliphatic rings. The minimum absolute atomic E-state index is 0.0808. The van der Waals surface area contributed by atoms with E-state index >= 15 is 0 Å². The van der Waals surface area contributed by atoms with Gasteiger partial charge in [0.05, 0.1) is 5.69 Å². The van der Waals surface area contributed by atoms with Crippen LogP contribution in [0.5, 0.6) is 0 Å². The third-order valence-corrected chi connectivity index (χ3v) is 4.49. The Labute approximate surface area is 164 Å². The van der Waals surface area contributed by atoms with Crippen LogP contribution < -0.4 is 5.56 Å². The van der Waals surface area contributed by atoms with Crippen LogP contribution in [0.3, 0.4) is 0 Å². The molecule has 7 heteroatoms. The first-order valence-corrected chi connectivity index (χ1v) is 8.70. The minimum atomic E-state index is -0.879. The van der Waals surface area contributed by atoms with E-state index in [9.17, 15) is 18.7 Å². The van der Waals surface area contributed by atoms with Crippen LogP contribution in [0.2, 0.25) is 0 Å². The Morgan fingerprint density at radius 1 is 1.03 bits per heavy atom. The highest BCUT2D eigenvalue weighted by Crippen LogP contribution is 2.29. The summed E-state index contributed by atoms with van der Waals surface area (Å²) in [5, 5.41) is 10.1. The average molecular weight is 391 g/mol. The molecule has 0 amide bonds. The van der Waals surface area contributed by atoms with Gasteiger partial charge in [-0.2, -0.15) is 0 Å². The lowest BCUT2D eigenvalue weighted by atomic mass is 10.0. The van der Waals surface area contributed by atoms with E-state index in [1.165, 1.54) is 18.2 Å². The molecule has 4 aromatic rings. The summed E-state index contributed by atoms with van der Waals surface area (Å²) in [5.41, 5.74) is 0.554. The van der Waals surface area contributed by atoms with Crippen LogP contribution in [0, 0.1) is 18.6 Å². The Hall–Kier alpha value is -3.87. The van der Waals surface area contributed by atoms with Crippen LogP contribution in [0.1, 0.15) is 11.4 Å². The number of hydrogen-bond donors (Lipinski definition) is 1. The van der Waals surface area contributed by atoms with Crippen LogP contribution in [0.15, 0.2) is 66.0 Å². The van der Waals surface area contributed by atoms with Gasteiger partial charge in [0.1, 0.15) is 28.9 Å². The number of rotatable bonds is 3. The summed E-state index contributed by atoms with van der Waals surface area (Å²) in [4.78, 5) is 21.3. The van der Waals surface area contributed by atoms with Gasteiger partial charge in [-0.05, 0) is 31.2 Å². The van der Waals surface area contributed by atoms with Gasteiger partial charge in [0.2, 0.25) is 0 Å². The van der Waals surface area contributed by atoms with E-state index in [0.717, 1.165) is 16.7 Å². The molecule has 2 heterocycles. The summed E-state index contributed by atoms with van der Waals surface area (Å²) in [7, 11) is 0. The number of aliphatic hydroxyl groups is 1. The number of benzene rings is 2. The van der Waals surface area contributed by atoms with E-state index in [1.807, 2.05) is 0 Å². The highest BCUT2D eigenvalue weighted by atomic mass is 19.1. The molecule has 0 radical (unpaired) electrons. The summed E-state index contributed by atoms with van der Waals surface area (Å²) in [6.45, 7) is 5.14. The van der Waals surface area contributed by atoms with E-state index in [1.54, 1.807) is 31.2 Å². The first-order valence-electron chi connectivity index (χ1n) is 8.70. The van der Waals surface area contributed by atoms with Crippen LogP contribution in [0.4, 0.5) is 8.78 Å². The van der Waals surface area contributed by atoms with Gasteiger partial charge in [0.25, 0.3) is 5.56 Å². The maximum Gasteiger partial charge on any atom is 0.256 e. The maximum atomic E-state index is 14.4. The summed E-state index contributed by atoms with van der Waals surface area (Å²) < 4.78 is 29.8.